The van der Waals surface area contributed by atoms with E-state index in [2.05, 4.69) is 20.3 Å². The number of nitrogens with zero attached hydrogens (tertiary/aromatic N) is 3. The number of nitrogens with one attached hydrogen (secondary N) is 1. The molecule has 40 heavy (non-hydrogen) atoms. The quantitative estimate of drug-likeness (QED) is 0.201. The van der Waals surface area contributed by atoms with Crippen molar-refractivity contribution in [2.24, 2.45) is 0 Å². The van der Waals surface area contributed by atoms with Gasteiger partial charge in [0.2, 0.25) is 5.95 Å². The van der Waals surface area contributed by atoms with Crippen molar-refractivity contribution in [3.63, 3.8) is 0 Å². The maximum Gasteiger partial charge on any atom is 0.422 e. The van der Waals surface area contributed by atoms with E-state index in [9.17, 15) is 26.4 Å². The van der Waals surface area contributed by atoms with Gasteiger partial charge in [0.25, 0.3) is 0 Å². The molecule has 1 heterocycles. The summed E-state index contributed by atoms with van der Waals surface area (Å²) in [5.41, 5.74) is 1.29. The Bertz CT molecular complexity index is 1450. The van der Waals surface area contributed by atoms with Gasteiger partial charge in [-0.3, -0.25) is 4.79 Å². The lowest BCUT2D eigenvalue weighted by atomic mass is 10.1. The van der Waals surface area contributed by atoms with E-state index in [0.29, 0.717) is 10.6 Å². The molecule has 0 unspecified atom stereocenters. The van der Waals surface area contributed by atoms with Crippen LogP contribution in [0.2, 0.25) is 5.02 Å². The highest BCUT2D eigenvalue weighted by Crippen LogP contribution is 2.48. The van der Waals surface area contributed by atoms with Gasteiger partial charge in [0.15, 0.2) is 22.2 Å². The number of alkyl halides is 4. The maximum absolute atomic E-state index is 12.8. The lowest BCUT2D eigenvalue weighted by molar-refractivity contribution is -0.154. The molecule has 0 amide bonds. The van der Waals surface area contributed by atoms with E-state index >= 15 is 0 Å². The predicted octanol–water partition coefficient (Wildman–Crippen LogP) is 5.38. The number of Topliss-reactive ketones (excluding diaryl/α,β-unsaturated/α-hetero) is 1. The van der Waals surface area contributed by atoms with Gasteiger partial charge >= 0.3 is 12.2 Å². The van der Waals surface area contributed by atoms with Gasteiger partial charge in [0, 0.05) is 22.9 Å². The molecule has 1 N–H and O–H groups in total. The van der Waals surface area contributed by atoms with E-state index < -0.39 is 45.7 Å². The van der Waals surface area contributed by atoms with Crippen molar-refractivity contribution >= 4 is 44.8 Å². The van der Waals surface area contributed by atoms with E-state index in [1.165, 1.54) is 12.1 Å². The average Bonchev–Trinajstić information content (AvgIpc) is 3.66. The first-order valence-corrected chi connectivity index (χ1v) is 15.0. The second-order valence-electron chi connectivity index (χ2n) is 9.41. The zero-order valence-electron chi connectivity index (χ0n) is 21.0. The number of halogens is 5. The number of hydrogen-bond acceptors (Lipinski definition) is 8. The number of carbonyl (C=O) groups is 1. The van der Waals surface area contributed by atoms with Crippen LogP contribution in [0.1, 0.15) is 46.6 Å². The Balaban J connectivity index is 1.52. The molecule has 214 valence electrons. The van der Waals surface area contributed by atoms with Crippen LogP contribution in [0, 0.1) is 0 Å². The Morgan fingerprint density at radius 3 is 2.30 bits per heavy atom. The van der Waals surface area contributed by atoms with Crippen LogP contribution < -0.4 is 10.1 Å². The lowest BCUT2D eigenvalue weighted by Gasteiger charge is -2.19. The third kappa shape index (κ3) is 8.52. The van der Waals surface area contributed by atoms with Gasteiger partial charge in [-0.1, -0.05) is 48.0 Å². The summed E-state index contributed by atoms with van der Waals surface area (Å²) in [6.07, 6.45) is -2.72. The van der Waals surface area contributed by atoms with Gasteiger partial charge in [0.05, 0.1) is 11.3 Å². The Labute approximate surface area is 239 Å². The molecular formula is C26H25Cl2F3N4O4S. The Hall–Kier alpha value is -2.96. The minimum Gasteiger partial charge on any atom is -0.454 e. The Morgan fingerprint density at radius 2 is 1.70 bits per heavy atom. The predicted molar refractivity (Wildman–Crippen MR) is 145 cm³/mol. The molecule has 1 fully saturated rings. The fraction of sp³-hybridized carbons (Fsp3) is 0.385. The average molecular weight is 617 g/mol. The Morgan fingerprint density at radius 1 is 1.02 bits per heavy atom. The van der Waals surface area contributed by atoms with Crippen LogP contribution in [0.4, 0.5) is 19.1 Å². The van der Waals surface area contributed by atoms with Crippen molar-refractivity contribution in [2.75, 3.05) is 29.3 Å². The van der Waals surface area contributed by atoms with Crippen molar-refractivity contribution < 1.29 is 31.1 Å². The molecule has 0 bridgehead atoms. The summed E-state index contributed by atoms with van der Waals surface area (Å²) < 4.78 is 67.4. The van der Waals surface area contributed by atoms with Crippen LogP contribution in [-0.4, -0.2) is 59.3 Å². The maximum atomic E-state index is 12.8. The van der Waals surface area contributed by atoms with E-state index in [0.717, 1.165) is 18.4 Å². The summed E-state index contributed by atoms with van der Waals surface area (Å²) in [4.78, 5) is 24.9. The number of hydrogen-bond donors (Lipinski definition) is 1. The highest BCUT2D eigenvalue weighted by molar-refractivity contribution is 7.92. The number of benzene rings is 2. The largest absolute Gasteiger partial charge is 0.454 e. The van der Waals surface area contributed by atoms with Crippen molar-refractivity contribution in [2.45, 2.75) is 37.4 Å². The molecule has 0 aliphatic heterocycles. The van der Waals surface area contributed by atoms with Gasteiger partial charge < -0.3 is 10.1 Å². The number of carbonyl (C=O) groups excluding carboxylic acids is 1. The first kappa shape index (κ1) is 30.0. The molecule has 0 spiro atoms. The van der Waals surface area contributed by atoms with Gasteiger partial charge in [-0.15, -0.1) is 11.6 Å². The number of sulfone groups is 1. The smallest absolute Gasteiger partial charge is 0.422 e. The lowest BCUT2D eigenvalue weighted by Crippen LogP contribution is -2.23. The fourth-order valence-corrected chi connectivity index (χ4v) is 5.67. The normalized spacial score (nSPS) is 14.5. The molecule has 14 heteroatoms. The third-order valence-corrected chi connectivity index (χ3v) is 8.23. The first-order valence-electron chi connectivity index (χ1n) is 12.2. The number of aromatic nitrogens is 3. The molecule has 1 aromatic heterocycles. The van der Waals surface area contributed by atoms with Crippen LogP contribution in [0.5, 0.6) is 6.01 Å². The summed E-state index contributed by atoms with van der Waals surface area (Å²) in [7, 11) is -3.58. The van der Waals surface area contributed by atoms with Gasteiger partial charge in [-0.25, -0.2) is 8.42 Å². The van der Waals surface area contributed by atoms with Gasteiger partial charge in [-0.05, 0) is 42.5 Å². The number of rotatable bonds is 13. The second kappa shape index (κ2) is 12.3. The minimum absolute atomic E-state index is 0.0589. The monoisotopic (exact) mass is 616 g/mol. The number of ketones is 1. The summed E-state index contributed by atoms with van der Waals surface area (Å²) in [5.74, 6) is -0.961. The summed E-state index contributed by atoms with van der Waals surface area (Å²) in [5, 5.41) is 3.79. The third-order valence-electron chi connectivity index (χ3n) is 6.10. The van der Waals surface area contributed by atoms with Crippen LogP contribution in [-0.2, 0) is 21.8 Å². The standard InChI is InChI=1S/C26H25Cl2F3N4O4S/c27-12-1-13-40(37,38)15-21(36)18-4-2-17(3-5-18)14-22-32-23(34-24(33-22)39-16-26(29,30)31)35-25(10-11-25)19-6-8-20(28)9-7-19/h2-9H,1,10-16H2,(H,32,33,34,35). The zero-order chi connectivity index (χ0) is 29.0. The zero-order valence-corrected chi connectivity index (χ0v) is 23.4. The molecule has 0 saturated heterocycles. The van der Waals surface area contributed by atoms with Gasteiger partial charge in [-0.2, -0.15) is 28.1 Å². The Kier molecular flexibility index (Phi) is 9.21. The van der Waals surface area contributed by atoms with Crippen LogP contribution in [0.15, 0.2) is 48.5 Å². The molecule has 0 atom stereocenters. The molecule has 2 aromatic carbocycles. The highest BCUT2D eigenvalue weighted by atomic mass is 35.5. The van der Waals surface area contributed by atoms with Crippen LogP contribution in [0.3, 0.4) is 0 Å². The van der Waals surface area contributed by atoms with E-state index in [-0.39, 0.29) is 41.8 Å². The molecular weight excluding hydrogens is 592 g/mol. The number of ether oxygens (including phenoxy) is 1. The van der Waals surface area contributed by atoms with Crippen molar-refractivity contribution in [3.8, 4) is 6.01 Å². The molecule has 0 radical (unpaired) electrons. The van der Waals surface area contributed by atoms with Crippen LogP contribution in [0.25, 0.3) is 0 Å². The van der Waals surface area contributed by atoms with Gasteiger partial charge in [0.1, 0.15) is 11.6 Å². The van der Waals surface area contributed by atoms with Crippen molar-refractivity contribution in [1.29, 1.82) is 0 Å². The van der Waals surface area contributed by atoms with Crippen molar-refractivity contribution in [3.05, 3.63) is 76.1 Å². The summed E-state index contributed by atoms with van der Waals surface area (Å²) in [6, 6.07) is 12.9. The fourth-order valence-electron chi connectivity index (χ4n) is 3.96. The molecule has 8 nitrogen and oxygen atoms in total. The molecule has 4 rings (SSSR count). The van der Waals surface area contributed by atoms with E-state index in [1.807, 2.05) is 12.1 Å². The highest BCUT2D eigenvalue weighted by Gasteiger charge is 2.45. The molecule has 1 saturated carbocycles. The molecule has 1 aliphatic carbocycles. The van der Waals surface area contributed by atoms with E-state index in [4.69, 9.17) is 27.9 Å². The van der Waals surface area contributed by atoms with Crippen LogP contribution >= 0.6 is 23.2 Å². The first-order chi connectivity index (χ1) is 18.9. The number of anilines is 1. The SMILES string of the molecule is O=C(CS(=O)(=O)CCCCl)c1ccc(Cc2nc(NC3(c4ccc(Cl)cc4)CC3)nc(OCC(F)(F)F)n2)cc1. The van der Waals surface area contributed by atoms with E-state index in [1.54, 1.807) is 24.3 Å². The summed E-state index contributed by atoms with van der Waals surface area (Å²) in [6.45, 7) is -1.57. The topological polar surface area (TPSA) is 111 Å². The second-order valence-corrected chi connectivity index (χ2v) is 12.4. The molecule has 3 aromatic rings. The molecule has 1 aliphatic rings. The minimum atomic E-state index is -4.58. The summed E-state index contributed by atoms with van der Waals surface area (Å²) >= 11 is 11.5. The van der Waals surface area contributed by atoms with Crippen molar-refractivity contribution in [1.82, 2.24) is 15.0 Å².